The molecule has 0 aliphatic carbocycles. The SMILES string of the molecule is Oc1cc(Cc2ccccc2)c(Cc2ccccc2)c(Cc2ccccc2)c1Cc1ccccc1. The molecule has 1 nitrogen and oxygen atoms in total. The first-order valence-corrected chi connectivity index (χ1v) is 12.3. The van der Waals surface area contributed by atoms with Crippen molar-refractivity contribution in [1.29, 1.82) is 0 Å². The summed E-state index contributed by atoms with van der Waals surface area (Å²) in [5.74, 6) is 0.391. The molecule has 35 heavy (non-hydrogen) atoms. The van der Waals surface area contributed by atoms with Crippen LogP contribution >= 0.6 is 0 Å². The maximum Gasteiger partial charge on any atom is 0.119 e. The van der Waals surface area contributed by atoms with Gasteiger partial charge in [0.25, 0.3) is 0 Å². The summed E-state index contributed by atoms with van der Waals surface area (Å²) in [7, 11) is 0. The minimum absolute atomic E-state index is 0.391. The summed E-state index contributed by atoms with van der Waals surface area (Å²) >= 11 is 0. The molecule has 5 aromatic rings. The molecule has 0 aliphatic rings. The predicted molar refractivity (Wildman–Crippen MR) is 145 cm³/mol. The van der Waals surface area contributed by atoms with Gasteiger partial charge in [-0.25, -0.2) is 0 Å². The Morgan fingerprint density at radius 2 is 0.714 bits per heavy atom. The number of rotatable bonds is 8. The number of aromatic hydroxyl groups is 1. The van der Waals surface area contributed by atoms with Crippen LogP contribution in [-0.2, 0) is 25.7 Å². The van der Waals surface area contributed by atoms with Gasteiger partial charge in [-0.3, -0.25) is 0 Å². The van der Waals surface area contributed by atoms with Crippen molar-refractivity contribution in [2.24, 2.45) is 0 Å². The Bertz CT molecular complexity index is 1360. The Hall–Kier alpha value is -4.10. The second-order valence-corrected chi connectivity index (χ2v) is 9.14. The summed E-state index contributed by atoms with van der Waals surface area (Å²) in [5.41, 5.74) is 9.80. The van der Waals surface area contributed by atoms with Crippen molar-refractivity contribution >= 4 is 0 Å². The van der Waals surface area contributed by atoms with E-state index in [9.17, 15) is 5.11 Å². The fourth-order valence-corrected chi connectivity index (χ4v) is 4.87. The van der Waals surface area contributed by atoms with Crippen LogP contribution in [0.5, 0.6) is 5.75 Å². The summed E-state index contributed by atoms with van der Waals surface area (Å²) in [6, 6.07) is 44.3. The third-order valence-corrected chi connectivity index (χ3v) is 6.64. The molecule has 5 rings (SSSR count). The molecule has 1 N–H and O–H groups in total. The molecule has 0 saturated heterocycles. The molecule has 0 amide bonds. The largest absolute Gasteiger partial charge is 0.508 e. The second-order valence-electron chi connectivity index (χ2n) is 9.14. The van der Waals surface area contributed by atoms with Crippen molar-refractivity contribution in [3.05, 3.63) is 172 Å². The van der Waals surface area contributed by atoms with Crippen LogP contribution in [0.4, 0.5) is 0 Å². The lowest BCUT2D eigenvalue weighted by atomic mass is 9.83. The van der Waals surface area contributed by atoms with Crippen LogP contribution in [0.2, 0.25) is 0 Å². The highest BCUT2D eigenvalue weighted by molar-refractivity contribution is 5.55. The lowest BCUT2D eigenvalue weighted by Crippen LogP contribution is -2.08. The van der Waals surface area contributed by atoms with E-state index in [0.717, 1.165) is 24.8 Å². The molecular formula is C34H30O. The zero-order valence-electron chi connectivity index (χ0n) is 19.9. The fraction of sp³-hybridized carbons (Fsp3) is 0.118. The van der Waals surface area contributed by atoms with E-state index in [4.69, 9.17) is 0 Å². The summed E-state index contributed by atoms with van der Waals surface area (Å²) in [5, 5.41) is 11.4. The van der Waals surface area contributed by atoms with Gasteiger partial charge in [-0.2, -0.15) is 0 Å². The van der Waals surface area contributed by atoms with E-state index < -0.39 is 0 Å². The van der Waals surface area contributed by atoms with Crippen molar-refractivity contribution in [3.63, 3.8) is 0 Å². The molecule has 0 fully saturated rings. The molecule has 0 unspecified atom stereocenters. The van der Waals surface area contributed by atoms with Gasteiger partial charge >= 0.3 is 0 Å². The number of phenols is 1. The van der Waals surface area contributed by atoms with E-state index in [1.54, 1.807) is 0 Å². The average Bonchev–Trinajstić information content (AvgIpc) is 2.91. The third-order valence-electron chi connectivity index (χ3n) is 6.64. The molecule has 0 heterocycles. The normalized spacial score (nSPS) is 10.9. The summed E-state index contributed by atoms with van der Waals surface area (Å²) in [6.45, 7) is 0. The monoisotopic (exact) mass is 454 g/mol. The van der Waals surface area contributed by atoms with E-state index in [1.165, 1.54) is 38.9 Å². The fourth-order valence-electron chi connectivity index (χ4n) is 4.87. The van der Waals surface area contributed by atoms with Crippen molar-refractivity contribution in [3.8, 4) is 5.75 Å². The minimum atomic E-state index is 0.391. The van der Waals surface area contributed by atoms with Crippen LogP contribution in [0.3, 0.4) is 0 Å². The Morgan fingerprint density at radius 1 is 0.371 bits per heavy atom. The minimum Gasteiger partial charge on any atom is -0.508 e. The highest BCUT2D eigenvalue weighted by Gasteiger charge is 2.19. The molecule has 0 saturated carbocycles. The molecule has 0 radical (unpaired) electrons. The van der Waals surface area contributed by atoms with Gasteiger partial charge in [-0.05, 0) is 64.3 Å². The molecule has 0 spiro atoms. The predicted octanol–water partition coefficient (Wildman–Crippen LogP) is 7.76. The lowest BCUT2D eigenvalue weighted by molar-refractivity contribution is 0.467. The summed E-state index contributed by atoms with van der Waals surface area (Å²) in [4.78, 5) is 0. The van der Waals surface area contributed by atoms with Crippen LogP contribution in [0.25, 0.3) is 0 Å². The Labute approximate surface area is 208 Å². The quantitative estimate of drug-likeness (QED) is 0.254. The number of hydrogen-bond donors (Lipinski definition) is 1. The Kier molecular flexibility index (Phi) is 7.05. The first-order valence-electron chi connectivity index (χ1n) is 12.3. The Morgan fingerprint density at radius 3 is 1.14 bits per heavy atom. The number of phenolic OH excluding ortho intramolecular Hbond substituents is 1. The average molecular weight is 455 g/mol. The lowest BCUT2D eigenvalue weighted by Gasteiger charge is -2.22. The van der Waals surface area contributed by atoms with Gasteiger partial charge in [-0.1, -0.05) is 121 Å². The third kappa shape index (κ3) is 5.70. The maximum absolute atomic E-state index is 11.4. The van der Waals surface area contributed by atoms with Crippen LogP contribution in [0.15, 0.2) is 127 Å². The van der Waals surface area contributed by atoms with Gasteiger partial charge in [0.05, 0.1) is 0 Å². The second kappa shape index (κ2) is 10.9. The van der Waals surface area contributed by atoms with E-state index in [0.29, 0.717) is 12.2 Å². The van der Waals surface area contributed by atoms with Crippen LogP contribution in [0, 0.1) is 0 Å². The first kappa shape index (κ1) is 22.7. The van der Waals surface area contributed by atoms with E-state index >= 15 is 0 Å². The topological polar surface area (TPSA) is 20.2 Å². The molecule has 0 aromatic heterocycles. The summed E-state index contributed by atoms with van der Waals surface area (Å²) in [6.07, 6.45) is 3.14. The summed E-state index contributed by atoms with van der Waals surface area (Å²) < 4.78 is 0. The van der Waals surface area contributed by atoms with E-state index in [2.05, 4.69) is 115 Å². The Balaban J connectivity index is 1.68. The zero-order valence-corrected chi connectivity index (χ0v) is 19.9. The van der Waals surface area contributed by atoms with Crippen LogP contribution in [0.1, 0.15) is 44.5 Å². The molecule has 1 heteroatoms. The van der Waals surface area contributed by atoms with Gasteiger partial charge in [0.2, 0.25) is 0 Å². The van der Waals surface area contributed by atoms with Gasteiger partial charge in [0, 0.05) is 12.0 Å². The van der Waals surface area contributed by atoms with Gasteiger partial charge < -0.3 is 5.11 Å². The highest BCUT2D eigenvalue weighted by Crippen LogP contribution is 2.35. The van der Waals surface area contributed by atoms with Crippen LogP contribution in [-0.4, -0.2) is 5.11 Å². The van der Waals surface area contributed by atoms with Crippen LogP contribution < -0.4 is 0 Å². The van der Waals surface area contributed by atoms with Crippen molar-refractivity contribution in [1.82, 2.24) is 0 Å². The molecule has 0 aliphatic heterocycles. The molecular weight excluding hydrogens is 424 g/mol. The smallest absolute Gasteiger partial charge is 0.119 e. The number of hydrogen-bond acceptors (Lipinski definition) is 1. The van der Waals surface area contributed by atoms with Gasteiger partial charge in [-0.15, -0.1) is 0 Å². The van der Waals surface area contributed by atoms with E-state index in [-0.39, 0.29) is 0 Å². The van der Waals surface area contributed by atoms with Crippen molar-refractivity contribution < 1.29 is 5.11 Å². The molecule has 5 aromatic carbocycles. The van der Waals surface area contributed by atoms with Crippen molar-refractivity contribution in [2.45, 2.75) is 25.7 Å². The first-order chi connectivity index (χ1) is 17.3. The molecule has 0 bridgehead atoms. The molecule has 0 atom stereocenters. The molecule has 172 valence electrons. The zero-order chi connectivity index (χ0) is 23.9. The highest BCUT2D eigenvalue weighted by atomic mass is 16.3. The maximum atomic E-state index is 11.4. The van der Waals surface area contributed by atoms with Gasteiger partial charge in [0.15, 0.2) is 0 Å². The standard InChI is InChI=1S/C34H30O/c35-34-25-30(21-26-13-5-1-6-14-26)31(22-27-15-7-2-8-16-27)32(23-28-17-9-3-10-18-28)33(34)24-29-19-11-4-12-20-29/h1-20,25,35H,21-24H2. The van der Waals surface area contributed by atoms with Crippen molar-refractivity contribution in [2.75, 3.05) is 0 Å². The number of benzene rings is 5. The van der Waals surface area contributed by atoms with Gasteiger partial charge in [0.1, 0.15) is 5.75 Å². The van der Waals surface area contributed by atoms with E-state index in [1.807, 2.05) is 12.1 Å².